The van der Waals surface area contributed by atoms with Crippen molar-refractivity contribution in [3.63, 3.8) is 0 Å². The molecule has 0 saturated carbocycles. The lowest BCUT2D eigenvalue weighted by molar-refractivity contribution is 1.51. The van der Waals surface area contributed by atoms with Crippen LogP contribution < -0.4 is 0 Å². The molecule has 0 radical (unpaired) electrons. The van der Waals surface area contributed by atoms with E-state index in [0.29, 0.717) is 0 Å². The van der Waals surface area contributed by atoms with Gasteiger partial charge >= 0.3 is 0 Å². The zero-order valence-electron chi connectivity index (χ0n) is 12.4. The SMILES string of the molecule is Brc1cccc(N=Cc2c3ccccc3cc3ccccc23)c1. The van der Waals surface area contributed by atoms with E-state index in [1.54, 1.807) is 0 Å². The van der Waals surface area contributed by atoms with Gasteiger partial charge in [-0.2, -0.15) is 0 Å². The lowest BCUT2D eigenvalue weighted by Crippen LogP contribution is -1.88. The van der Waals surface area contributed by atoms with Crippen LogP contribution in [0.25, 0.3) is 21.5 Å². The number of hydrogen-bond acceptors (Lipinski definition) is 1. The molecule has 0 spiro atoms. The van der Waals surface area contributed by atoms with Gasteiger partial charge in [0, 0.05) is 16.3 Å². The van der Waals surface area contributed by atoms with Crippen LogP contribution in [0.2, 0.25) is 0 Å². The summed E-state index contributed by atoms with van der Waals surface area (Å²) in [4.78, 5) is 4.68. The van der Waals surface area contributed by atoms with Crippen LogP contribution in [0.3, 0.4) is 0 Å². The van der Waals surface area contributed by atoms with Crippen LogP contribution in [0.15, 0.2) is 88.3 Å². The summed E-state index contributed by atoms with van der Waals surface area (Å²) in [5.74, 6) is 0. The highest BCUT2D eigenvalue weighted by molar-refractivity contribution is 9.10. The van der Waals surface area contributed by atoms with E-state index < -0.39 is 0 Å². The Hall–Kier alpha value is -2.45. The summed E-state index contributed by atoms with van der Waals surface area (Å²) in [5.41, 5.74) is 2.11. The molecule has 0 aromatic heterocycles. The number of halogens is 1. The van der Waals surface area contributed by atoms with Crippen LogP contribution in [0.5, 0.6) is 0 Å². The van der Waals surface area contributed by atoms with Crippen molar-refractivity contribution in [2.24, 2.45) is 4.99 Å². The van der Waals surface area contributed by atoms with Gasteiger partial charge in [0.15, 0.2) is 0 Å². The molecule has 4 aromatic rings. The molecule has 0 unspecified atom stereocenters. The first kappa shape index (κ1) is 14.2. The lowest BCUT2D eigenvalue weighted by atomic mass is 9.97. The Morgan fingerprint density at radius 1 is 0.696 bits per heavy atom. The van der Waals surface area contributed by atoms with Crippen LogP contribution in [0.4, 0.5) is 5.69 Å². The Morgan fingerprint density at radius 2 is 1.35 bits per heavy atom. The second-order valence-corrected chi connectivity index (χ2v) is 6.39. The average Bonchev–Trinajstić information content (AvgIpc) is 2.58. The second-order valence-electron chi connectivity index (χ2n) is 5.47. The third-order valence-corrected chi connectivity index (χ3v) is 4.46. The summed E-state index contributed by atoms with van der Waals surface area (Å²) in [6.07, 6.45) is 1.98. The predicted octanol–water partition coefficient (Wildman–Crippen LogP) is 6.51. The van der Waals surface area contributed by atoms with Gasteiger partial charge in [-0.25, -0.2) is 0 Å². The predicted molar refractivity (Wildman–Crippen MR) is 103 cm³/mol. The van der Waals surface area contributed by atoms with Crippen molar-refractivity contribution in [3.8, 4) is 0 Å². The normalized spacial score (nSPS) is 11.5. The topological polar surface area (TPSA) is 12.4 Å². The van der Waals surface area contributed by atoms with Gasteiger partial charge in [-0.1, -0.05) is 70.5 Å². The summed E-state index contributed by atoms with van der Waals surface area (Å²) in [5, 5.41) is 4.93. The van der Waals surface area contributed by atoms with Crippen LogP contribution in [0, 0.1) is 0 Å². The maximum atomic E-state index is 4.68. The van der Waals surface area contributed by atoms with E-state index in [1.165, 1.54) is 27.1 Å². The maximum absolute atomic E-state index is 4.68. The Labute approximate surface area is 143 Å². The van der Waals surface area contributed by atoms with Crippen LogP contribution in [-0.2, 0) is 0 Å². The van der Waals surface area contributed by atoms with E-state index in [4.69, 9.17) is 0 Å². The number of hydrogen-bond donors (Lipinski definition) is 0. The highest BCUT2D eigenvalue weighted by Gasteiger charge is 2.05. The Morgan fingerprint density at radius 3 is 2.00 bits per heavy atom. The largest absolute Gasteiger partial charge is 0.256 e. The first-order chi connectivity index (χ1) is 11.3. The standard InChI is InChI=1S/C21H14BrN/c22-17-8-5-9-18(13-17)23-14-21-19-10-3-1-6-15(19)12-16-7-2-4-11-20(16)21/h1-14H. The van der Waals surface area contributed by atoms with E-state index in [9.17, 15) is 0 Å². The molecule has 0 fully saturated rings. The number of rotatable bonds is 2. The molecule has 0 bridgehead atoms. The number of benzene rings is 4. The Bertz CT molecular complexity index is 980. The molecule has 0 heterocycles. The first-order valence-corrected chi connectivity index (χ1v) is 8.31. The molecule has 0 aliphatic heterocycles. The van der Waals surface area contributed by atoms with Gasteiger partial charge in [-0.05, 0) is 45.8 Å². The van der Waals surface area contributed by atoms with Gasteiger partial charge in [0.2, 0.25) is 0 Å². The maximum Gasteiger partial charge on any atom is 0.0641 e. The van der Waals surface area contributed by atoms with Crippen molar-refractivity contribution >= 4 is 49.4 Å². The lowest BCUT2D eigenvalue weighted by Gasteiger charge is -2.07. The van der Waals surface area contributed by atoms with E-state index in [0.717, 1.165) is 10.2 Å². The molecule has 0 aliphatic carbocycles. The molecule has 23 heavy (non-hydrogen) atoms. The van der Waals surface area contributed by atoms with E-state index in [1.807, 2.05) is 30.5 Å². The molecular formula is C21H14BrN. The molecule has 2 heteroatoms. The smallest absolute Gasteiger partial charge is 0.0641 e. The fourth-order valence-electron chi connectivity index (χ4n) is 2.88. The summed E-state index contributed by atoms with van der Waals surface area (Å²) in [7, 11) is 0. The van der Waals surface area contributed by atoms with Gasteiger partial charge in [0.05, 0.1) is 5.69 Å². The summed E-state index contributed by atoms with van der Waals surface area (Å²) < 4.78 is 1.04. The molecule has 1 nitrogen and oxygen atoms in total. The molecule has 0 saturated heterocycles. The van der Waals surface area contributed by atoms with Gasteiger partial charge in [0.25, 0.3) is 0 Å². The van der Waals surface area contributed by atoms with Crippen LogP contribution >= 0.6 is 15.9 Å². The molecule has 0 amide bonds. The molecule has 110 valence electrons. The number of aliphatic imine (C=N–C) groups is 1. The first-order valence-electron chi connectivity index (χ1n) is 7.51. The van der Waals surface area contributed by atoms with Gasteiger partial charge in [-0.15, -0.1) is 0 Å². The molecular weight excluding hydrogens is 346 g/mol. The molecule has 0 N–H and O–H groups in total. The molecule has 0 aliphatic rings. The number of fused-ring (bicyclic) bond motifs is 2. The minimum atomic E-state index is 0.941. The van der Waals surface area contributed by atoms with Gasteiger partial charge in [0.1, 0.15) is 0 Å². The van der Waals surface area contributed by atoms with Crippen LogP contribution in [0.1, 0.15) is 5.56 Å². The van der Waals surface area contributed by atoms with Crippen molar-refractivity contribution in [1.29, 1.82) is 0 Å². The van der Waals surface area contributed by atoms with E-state index >= 15 is 0 Å². The van der Waals surface area contributed by atoms with Crippen molar-refractivity contribution in [3.05, 3.63) is 88.9 Å². The van der Waals surface area contributed by atoms with Crippen molar-refractivity contribution in [2.45, 2.75) is 0 Å². The van der Waals surface area contributed by atoms with Gasteiger partial charge < -0.3 is 0 Å². The highest BCUT2D eigenvalue weighted by atomic mass is 79.9. The highest BCUT2D eigenvalue weighted by Crippen LogP contribution is 2.28. The molecule has 4 aromatic carbocycles. The van der Waals surface area contributed by atoms with E-state index in [2.05, 4.69) is 75.5 Å². The zero-order valence-corrected chi connectivity index (χ0v) is 14.0. The Balaban J connectivity index is 1.96. The average molecular weight is 360 g/mol. The fourth-order valence-corrected chi connectivity index (χ4v) is 3.27. The molecule has 0 atom stereocenters. The zero-order chi connectivity index (χ0) is 15.6. The fraction of sp³-hybridized carbons (Fsp3) is 0. The molecule has 4 rings (SSSR count). The number of nitrogens with zero attached hydrogens (tertiary/aromatic N) is 1. The van der Waals surface area contributed by atoms with Crippen molar-refractivity contribution in [2.75, 3.05) is 0 Å². The quantitative estimate of drug-likeness (QED) is 0.286. The second kappa shape index (κ2) is 5.98. The Kier molecular flexibility index (Phi) is 3.68. The van der Waals surface area contributed by atoms with Crippen molar-refractivity contribution in [1.82, 2.24) is 0 Å². The monoisotopic (exact) mass is 359 g/mol. The van der Waals surface area contributed by atoms with Crippen molar-refractivity contribution < 1.29 is 0 Å². The van der Waals surface area contributed by atoms with E-state index in [-0.39, 0.29) is 0 Å². The minimum absolute atomic E-state index is 0.941. The summed E-state index contributed by atoms with van der Waals surface area (Å²) >= 11 is 3.49. The summed E-state index contributed by atoms with van der Waals surface area (Å²) in [6.45, 7) is 0. The third-order valence-electron chi connectivity index (χ3n) is 3.96. The summed E-state index contributed by atoms with van der Waals surface area (Å²) in [6, 6.07) is 27.2. The third kappa shape index (κ3) is 2.78. The van der Waals surface area contributed by atoms with Crippen LogP contribution in [-0.4, -0.2) is 6.21 Å². The van der Waals surface area contributed by atoms with Gasteiger partial charge in [-0.3, -0.25) is 4.99 Å². The minimum Gasteiger partial charge on any atom is -0.256 e.